The monoisotopic (exact) mass is 391 g/mol. The van der Waals surface area contributed by atoms with Gasteiger partial charge < -0.3 is 14.9 Å². The molecule has 2 aromatic carbocycles. The molecule has 9 heteroatoms. The van der Waals surface area contributed by atoms with Gasteiger partial charge in [0.15, 0.2) is 0 Å². The topological polar surface area (TPSA) is 88.3 Å². The minimum Gasteiger partial charge on any atom is -0.480 e. The number of aromatic nitrogens is 2. The molecule has 0 radical (unpaired) electrons. The number of nitrogens with one attached hydrogen (secondary N) is 1. The number of halogens is 3. The fraction of sp³-hybridized carbons (Fsp3) is 0.211. The largest absolute Gasteiger partial charge is 0.480 e. The number of benzene rings is 2. The maximum atomic E-state index is 12.6. The van der Waals surface area contributed by atoms with Gasteiger partial charge in [0.05, 0.1) is 5.56 Å². The van der Waals surface area contributed by atoms with Crippen LogP contribution in [0.3, 0.4) is 0 Å². The Labute approximate surface area is 158 Å². The molecule has 0 aliphatic rings. The van der Waals surface area contributed by atoms with Crippen LogP contribution >= 0.6 is 0 Å². The van der Waals surface area contributed by atoms with Gasteiger partial charge in [-0.15, -0.1) is 0 Å². The Morgan fingerprint density at radius 1 is 1.11 bits per heavy atom. The van der Waals surface area contributed by atoms with Crippen molar-refractivity contribution in [2.24, 2.45) is 0 Å². The highest BCUT2D eigenvalue weighted by Gasteiger charge is 2.30. The average molecular weight is 391 g/mol. The molecule has 0 spiro atoms. The van der Waals surface area contributed by atoms with Gasteiger partial charge in [0, 0.05) is 11.1 Å². The minimum atomic E-state index is -4.41. The highest BCUT2D eigenvalue weighted by atomic mass is 19.4. The molecule has 0 fully saturated rings. The summed E-state index contributed by atoms with van der Waals surface area (Å²) in [7, 11) is 1.58. The van der Waals surface area contributed by atoms with E-state index in [0.717, 1.165) is 17.7 Å². The second kappa shape index (κ2) is 7.81. The predicted octanol–water partition coefficient (Wildman–Crippen LogP) is 3.64. The zero-order valence-electron chi connectivity index (χ0n) is 14.7. The van der Waals surface area contributed by atoms with Crippen LogP contribution in [-0.2, 0) is 17.4 Å². The molecule has 3 rings (SSSR count). The summed E-state index contributed by atoms with van der Waals surface area (Å²) in [6.07, 6.45) is -4.09. The number of rotatable bonds is 6. The third-order valence-corrected chi connectivity index (χ3v) is 4.18. The highest BCUT2D eigenvalue weighted by molar-refractivity contribution is 5.74. The van der Waals surface area contributed by atoms with Gasteiger partial charge in [-0.3, -0.25) is 4.79 Å². The van der Waals surface area contributed by atoms with Crippen molar-refractivity contribution in [2.75, 3.05) is 7.05 Å². The van der Waals surface area contributed by atoms with Crippen LogP contribution in [0, 0.1) is 0 Å². The second-order valence-electron chi connectivity index (χ2n) is 6.08. The van der Waals surface area contributed by atoms with E-state index in [1.807, 2.05) is 0 Å². The molecule has 0 saturated heterocycles. The van der Waals surface area contributed by atoms with E-state index in [1.165, 1.54) is 12.1 Å². The number of carboxylic acid groups (broad SMARTS) is 1. The molecule has 0 saturated carbocycles. The summed E-state index contributed by atoms with van der Waals surface area (Å²) < 4.78 is 43.1. The summed E-state index contributed by atoms with van der Waals surface area (Å²) in [4.78, 5) is 15.3. The lowest BCUT2D eigenvalue weighted by Gasteiger charge is -2.10. The number of carbonyl (C=O) groups is 1. The van der Waals surface area contributed by atoms with Crippen LogP contribution in [0.15, 0.2) is 53.1 Å². The lowest BCUT2D eigenvalue weighted by atomic mass is 10.0. The number of nitrogens with zero attached hydrogens (tertiary/aromatic N) is 2. The molecule has 0 amide bonds. The second-order valence-corrected chi connectivity index (χ2v) is 6.08. The van der Waals surface area contributed by atoms with Crippen LogP contribution in [0.1, 0.15) is 11.1 Å². The molecule has 28 heavy (non-hydrogen) atoms. The van der Waals surface area contributed by atoms with Crippen LogP contribution in [0.5, 0.6) is 0 Å². The predicted molar refractivity (Wildman–Crippen MR) is 94.4 cm³/mol. The maximum absolute atomic E-state index is 12.6. The molecular formula is C19H16F3N3O3. The first-order valence-electron chi connectivity index (χ1n) is 8.28. The van der Waals surface area contributed by atoms with E-state index in [0.29, 0.717) is 17.5 Å². The molecule has 2 N–H and O–H groups in total. The molecule has 0 bridgehead atoms. The van der Waals surface area contributed by atoms with E-state index < -0.39 is 23.8 Å². The van der Waals surface area contributed by atoms with Gasteiger partial charge >= 0.3 is 12.1 Å². The lowest BCUT2D eigenvalue weighted by molar-refractivity contribution is -0.139. The van der Waals surface area contributed by atoms with Gasteiger partial charge in [-0.05, 0) is 43.3 Å². The van der Waals surface area contributed by atoms with Crippen molar-refractivity contribution in [3.8, 4) is 22.8 Å². The van der Waals surface area contributed by atoms with Crippen molar-refractivity contribution in [1.29, 1.82) is 0 Å². The summed E-state index contributed by atoms with van der Waals surface area (Å²) in [6, 6.07) is 10.7. The normalized spacial score (nSPS) is 12.7. The average Bonchev–Trinajstić information content (AvgIpc) is 3.16. The third-order valence-electron chi connectivity index (χ3n) is 4.18. The van der Waals surface area contributed by atoms with Crippen LogP contribution in [0.4, 0.5) is 13.2 Å². The van der Waals surface area contributed by atoms with Gasteiger partial charge in [-0.25, -0.2) is 0 Å². The van der Waals surface area contributed by atoms with Gasteiger partial charge in [0.2, 0.25) is 5.82 Å². The fourth-order valence-corrected chi connectivity index (χ4v) is 2.60. The standard InChI is InChI=1S/C19H16F3N3O3/c1-23-15(18(26)27)10-11-2-4-12(5-3-11)16-24-17(28-25-16)13-6-8-14(9-7-13)19(20,21)22/h2-9,15,23H,10H2,1H3,(H,26,27)/t15-/m0/s1. The zero-order chi connectivity index (χ0) is 20.3. The Kier molecular flexibility index (Phi) is 5.46. The van der Waals surface area contributed by atoms with E-state index >= 15 is 0 Å². The minimum absolute atomic E-state index is 0.105. The van der Waals surface area contributed by atoms with Crippen molar-refractivity contribution >= 4 is 5.97 Å². The first-order chi connectivity index (χ1) is 13.3. The molecular weight excluding hydrogens is 375 g/mol. The molecule has 0 aliphatic heterocycles. The molecule has 1 aromatic heterocycles. The Bertz CT molecular complexity index is 951. The van der Waals surface area contributed by atoms with Crippen molar-refractivity contribution in [2.45, 2.75) is 18.6 Å². The van der Waals surface area contributed by atoms with Crippen LogP contribution in [-0.4, -0.2) is 34.3 Å². The van der Waals surface area contributed by atoms with E-state index in [1.54, 1.807) is 31.3 Å². The van der Waals surface area contributed by atoms with Gasteiger partial charge in [0.25, 0.3) is 5.89 Å². The van der Waals surface area contributed by atoms with Crippen molar-refractivity contribution in [3.05, 3.63) is 59.7 Å². The molecule has 3 aromatic rings. The Morgan fingerprint density at radius 2 is 1.71 bits per heavy atom. The van der Waals surface area contributed by atoms with Gasteiger partial charge in [0.1, 0.15) is 6.04 Å². The number of likely N-dealkylation sites (N-methyl/N-ethyl adjacent to an activating group) is 1. The van der Waals surface area contributed by atoms with Crippen LogP contribution in [0.2, 0.25) is 0 Å². The zero-order valence-corrected chi connectivity index (χ0v) is 14.7. The van der Waals surface area contributed by atoms with Gasteiger partial charge in [-0.1, -0.05) is 29.4 Å². The van der Waals surface area contributed by atoms with E-state index in [-0.39, 0.29) is 11.7 Å². The van der Waals surface area contributed by atoms with Crippen molar-refractivity contribution < 1.29 is 27.6 Å². The van der Waals surface area contributed by atoms with Crippen molar-refractivity contribution in [3.63, 3.8) is 0 Å². The summed E-state index contributed by atoms with van der Waals surface area (Å²) in [5.41, 5.74) is 1.08. The van der Waals surface area contributed by atoms with E-state index in [4.69, 9.17) is 9.63 Å². The SMILES string of the molecule is CN[C@@H](Cc1ccc(-c2noc(-c3ccc(C(F)(F)F)cc3)n2)cc1)C(=O)O. The molecule has 146 valence electrons. The lowest BCUT2D eigenvalue weighted by Crippen LogP contribution is -2.35. The number of carboxylic acids is 1. The molecule has 6 nitrogen and oxygen atoms in total. The van der Waals surface area contributed by atoms with E-state index in [9.17, 15) is 18.0 Å². The maximum Gasteiger partial charge on any atom is 0.416 e. The van der Waals surface area contributed by atoms with Crippen molar-refractivity contribution in [1.82, 2.24) is 15.5 Å². The summed E-state index contributed by atoms with van der Waals surface area (Å²) >= 11 is 0. The molecule has 1 heterocycles. The highest BCUT2D eigenvalue weighted by Crippen LogP contribution is 2.31. The Balaban J connectivity index is 1.76. The Morgan fingerprint density at radius 3 is 2.25 bits per heavy atom. The first-order valence-corrected chi connectivity index (χ1v) is 8.28. The van der Waals surface area contributed by atoms with Crippen LogP contribution in [0.25, 0.3) is 22.8 Å². The van der Waals surface area contributed by atoms with Gasteiger partial charge in [-0.2, -0.15) is 18.2 Å². The molecule has 1 atom stereocenters. The molecule has 0 unspecified atom stereocenters. The number of alkyl halides is 3. The first kappa shape index (κ1) is 19.6. The number of hydrogen-bond donors (Lipinski definition) is 2. The number of aliphatic carboxylic acids is 1. The smallest absolute Gasteiger partial charge is 0.416 e. The number of hydrogen-bond acceptors (Lipinski definition) is 5. The third kappa shape index (κ3) is 4.37. The molecule has 0 aliphatic carbocycles. The summed E-state index contributed by atoms with van der Waals surface area (Å²) in [6.45, 7) is 0. The fourth-order valence-electron chi connectivity index (χ4n) is 2.60. The summed E-state index contributed by atoms with van der Waals surface area (Å²) in [5.74, 6) is -0.551. The van der Waals surface area contributed by atoms with Crippen LogP contribution < -0.4 is 5.32 Å². The summed E-state index contributed by atoms with van der Waals surface area (Å²) in [5, 5.41) is 15.7. The van der Waals surface area contributed by atoms with E-state index in [2.05, 4.69) is 15.5 Å². The quantitative estimate of drug-likeness (QED) is 0.667. The Hall–Kier alpha value is -3.20.